The molecule has 0 aliphatic heterocycles. The quantitative estimate of drug-likeness (QED) is 0.838. The summed E-state index contributed by atoms with van der Waals surface area (Å²) in [5, 5.41) is 8.21. The second kappa shape index (κ2) is 6.75. The maximum Gasteiger partial charge on any atom is 0.105 e. The van der Waals surface area contributed by atoms with Gasteiger partial charge in [-0.2, -0.15) is 5.10 Å². The molecule has 4 heteroatoms. The van der Waals surface area contributed by atoms with E-state index in [0.29, 0.717) is 6.04 Å². The van der Waals surface area contributed by atoms with Gasteiger partial charge >= 0.3 is 0 Å². The van der Waals surface area contributed by atoms with Crippen molar-refractivity contribution in [1.82, 2.24) is 15.1 Å². The molecule has 0 amide bonds. The highest BCUT2D eigenvalue weighted by atomic mass is 16.3. The van der Waals surface area contributed by atoms with Crippen LogP contribution >= 0.6 is 0 Å². The van der Waals surface area contributed by atoms with Crippen LogP contribution in [0.25, 0.3) is 0 Å². The van der Waals surface area contributed by atoms with Gasteiger partial charge in [0.1, 0.15) is 5.76 Å². The van der Waals surface area contributed by atoms with Crippen molar-refractivity contribution in [3.8, 4) is 0 Å². The summed E-state index contributed by atoms with van der Waals surface area (Å²) in [5.41, 5.74) is 2.35. The van der Waals surface area contributed by atoms with E-state index in [2.05, 4.69) is 48.1 Å². The summed E-state index contributed by atoms with van der Waals surface area (Å²) in [5.74, 6) is 0.984. The third kappa shape index (κ3) is 3.31. The molecule has 1 N–H and O–H groups in total. The van der Waals surface area contributed by atoms with Crippen LogP contribution in [0.3, 0.4) is 0 Å². The molecule has 0 aliphatic carbocycles. The fourth-order valence-electron chi connectivity index (χ4n) is 2.42. The van der Waals surface area contributed by atoms with E-state index in [4.69, 9.17) is 4.42 Å². The Morgan fingerprint density at radius 2 is 2.15 bits per heavy atom. The van der Waals surface area contributed by atoms with Crippen LogP contribution < -0.4 is 5.32 Å². The van der Waals surface area contributed by atoms with Crippen molar-refractivity contribution in [2.24, 2.45) is 0 Å². The molecule has 0 saturated carbocycles. The number of aromatic nitrogens is 2. The van der Waals surface area contributed by atoms with Crippen LogP contribution in [-0.4, -0.2) is 16.3 Å². The molecule has 4 nitrogen and oxygen atoms in total. The van der Waals surface area contributed by atoms with Gasteiger partial charge in [-0.3, -0.25) is 4.68 Å². The Morgan fingerprint density at radius 3 is 2.75 bits per heavy atom. The summed E-state index contributed by atoms with van der Waals surface area (Å²) >= 11 is 0. The zero-order valence-electron chi connectivity index (χ0n) is 12.9. The first kappa shape index (κ1) is 14.9. The molecule has 2 rings (SSSR count). The molecule has 2 aromatic rings. The van der Waals surface area contributed by atoms with Gasteiger partial charge in [-0.25, -0.2) is 0 Å². The maximum atomic E-state index is 5.42. The van der Waals surface area contributed by atoms with E-state index < -0.39 is 0 Å². The van der Waals surface area contributed by atoms with Crippen molar-refractivity contribution in [2.45, 2.75) is 52.6 Å². The normalized spacial score (nSPS) is 14.4. The fourth-order valence-corrected chi connectivity index (χ4v) is 2.42. The highest BCUT2D eigenvalue weighted by molar-refractivity contribution is 5.22. The summed E-state index contributed by atoms with van der Waals surface area (Å²) in [7, 11) is 0. The molecule has 2 unspecified atom stereocenters. The molecule has 0 spiro atoms. The Labute approximate surface area is 121 Å². The number of hydrogen-bond acceptors (Lipinski definition) is 3. The van der Waals surface area contributed by atoms with Gasteiger partial charge in [-0.05, 0) is 38.9 Å². The Hall–Kier alpha value is -1.55. The molecule has 0 aromatic carbocycles. The summed E-state index contributed by atoms with van der Waals surface area (Å²) in [4.78, 5) is 0. The topological polar surface area (TPSA) is 43.0 Å². The Balaban J connectivity index is 2.12. The van der Waals surface area contributed by atoms with Crippen LogP contribution in [0.1, 0.15) is 56.3 Å². The van der Waals surface area contributed by atoms with Crippen molar-refractivity contribution in [3.63, 3.8) is 0 Å². The van der Waals surface area contributed by atoms with E-state index >= 15 is 0 Å². The van der Waals surface area contributed by atoms with Crippen molar-refractivity contribution in [2.75, 3.05) is 6.54 Å². The highest BCUT2D eigenvalue weighted by Crippen LogP contribution is 2.22. The predicted molar refractivity (Wildman–Crippen MR) is 80.8 cm³/mol. The molecule has 0 fully saturated rings. The van der Waals surface area contributed by atoms with E-state index in [1.165, 1.54) is 5.56 Å². The lowest BCUT2D eigenvalue weighted by Crippen LogP contribution is -2.23. The number of aryl methyl sites for hydroxylation is 1. The molecule has 0 saturated heterocycles. The Morgan fingerprint density at radius 1 is 1.35 bits per heavy atom. The third-order valence-corrected chi connectivity index (χ3v) is 3.84. The first-order chi connectivity index (χ1) is 9.65. The number of hydrogen-bond donors (Lipinski definition) is 1. The van der Waals surface area contributed by atoms with Crippen LogP contribution in [0.4, 0.5) is 0 Å². The van der Waals surface area contributed by atoms with Gasteiger partial charge < -0.3 is 9.73 Å². The van der Waals surface area contributed by atoms with Crippen molar-refractivity contribution in [3.05, 3.63) is 41.6 Å². The monoisotopic (exact) mass is 275 g/mol. The second-order valence-electron chi connectivity index (χ2n) is 5.29. The molecule has 2 heterocycles. The van der Waals surface area contributed by atoms with Crippen molar-refractivity contribution < 1.29 is 4.42 Å². The molecule has 110 valence electrons. The number of likely N-dealkylation sites (N-methyl/N-ethyl adjacent to an activating group) is 1. The van der Waals surface area contributed by atoms with Gasteiger partial charge in [-0.1, -0.05) is 13.8 Å². The van der Waals surface area contributed by atoms with E-state index in [1.54, 1.807) is 6.26 Å². The lowest BCUT2D eigenvalue weighted by atomic mass is 10.0. The van der Waals surface area contributed by atoms with Crippen LogP contribution in [0.2, 0.25) is 0 Å². The minimum absolute atomic E-state index is 0.263. The van der Waals surface area contributed by atoms with Gasteiger partial charge in [0.05, 0.1) is 12.0 Å². The number of nitrogens with zero attached hydrogens (tertiary/aromatic N) is 2. The maximum absolute atomic E-state index is 5.42. The van der Waals surface area contributed by atoms with Gasteiger partial charge in [-0.15, -0.1) is 0 Å². The predicted octanol–water partition coefficient (Wildman–Crippen LogP) is 3.65. The zero-order chi connectivity index (χ0) is 14.5. The molecular formula is C16H25N3O. The number of furan rings is 1. The summed E-state index contributed by atoms with van der Waals surface area (Å²) < 4.78 is 7.48. The Kier molecular flexibility index (Phi) is 5.01. The third-order valence-electron chi connectivity index (χ3n) is 3.84. The van der Waals surface area contributed by atoms with Gasteiger partial charge in [0, 0.05) is 30.3 Å². The lowest BCUT2D eigenvalue weighted by Gasteiger charge is -2.16. The van der Waals surface area contributed by atoms with Crippen LogP contribution in [0.5, 0.6) is 0 Å². The minimum Gasteiger partial charge on any atom is -0.469 e. The molecular weight excluding hydrogens is 250 g/mol. The highest BCUT2D eigenvalue weighted by Gasteiger charge is 2.17. The Bertz CT molecular complexity index is 529. The van der Waals surface area contributed by atoms with Crippen molar-refractivity contribution in [1.29, 1.82) is 0 Å². The molecule has 2 aromatic heterocycles. The van der Waals surface area contributed by atoms with Crippen LogP contribution in [0.15, 0.2) is 29.0 Å². The molecule has 0 radical (unpaired) electrons. The molecule has 0 aliphatic rings. The fraction of sp³-hybridized carbons (Fsp3) is 0.562. The lowest BCUT2D eigenvalue weighted by molar-refractivity contribution is 0.464. The first-order valence-electron chi connectivity index (χ1n) is 7.47. The SMILES string of the molecule is CCNC(Cc1ccn(C(C)CC)n1)c1ccoc1C. The summed E-state index contributed by atoms with van der Waals surface area (Å²) in [6.45, 7) is 9.44. The minimum atomic E-state index is 0.263. The standard InChI is InChI=1S/C16H25N3O/c1-5-12(3)19-9-7-14(18-19)11-16(17-6-2)15-8-10-20-13(15)4/h7-10,12,16-17H,5-6,11H2,1-4H3. The largest absolute Gasteiger partial charge is 0.469 e. The summed E-state index contributed by atoms with van der Waals surface area (Å²) in [6, 6.07) is 4.89. The smallest absolute Gasteiger partial charge is 0.105 e. The number of rotatable bonds is 7. The second-order valence-corrected chi connectivity index (χ2v) is 5.29. The van der Waals surface area contributed by atoms with Gasteiger partial charge in [0.15, 0.2) is 0 Å². The van der Waals surface area contributed by atoms with E-state index in [0.717, 1.165) is 30.8 Å². The van der Waals surface area contributed by atoms with E-state index in [1.807, 2.05) is 13.0 Å². The average Bonchev–Trinajstić information content (AvgIpc) is 3.06. The van der Waals surface area contributed by atoms with Crippen LogP contribution in [-0.2, 0) is 6.42 Å². The molecule has 2 atom stereocenters. The number of nitrogens with one attached hydrogen (secondary N) is 1. The molecule has 20 heavy (non-hydrogen) atoms. The van der Waals surface area contributed by atoms with E-state index in [-0.39, 0.29) is 6.04 Å². The first-order valence-corrected chi connectivity index (χ1v) is 7.47. The van der Waals surface area contributed by atoms with Crippen molar-refractivity contribution >= 4 is 0 Å². The van der Waals surface area contributed by atoms with E-state index in [9.17, 15) is 0 Å². The summed E-state index contributed by atoms with van der Waals surface area (Å²) in [6.07, 6.45) is 5.82. The van der Waals surface area contributed by atoms with Crippen LogP contribution in [0, 0.1) is 6.92 Å². The zero-order valence-corrected chi connectivity index (χ0v) is 12.9. The van der Waals surface area contributed by atoms with Gasteiger partial charge in [0.2, 0.25) is 0 Å². The molecule has 0 bridgehead atoms. The van der Waals surface area contributed by atoms with Gasteiger partial charge in [0.25, 0.3) is 0 Å². The average molecular weight is 275 g/mol.